The van der Waals surface area contributed by atoms with Gasteiger partial charge >= 0.3 is 0 Å². The van der Waals surface area contributed by atoms with Gasteiger partial charge in [0.1, 0.15) is 6.04 Å². The molecule has 2 amide bonds. The zero-order valence-corrected chi connectivity index (χ0v) is 15.2. The summed E-state index contributed by atoms with van der Waals surface area (Å²) in [7, 11) is 3.35. The summed E-state index contributed by atoms with van der Waals surface area (Å²) in [6.45, 7) is 7.64. The molecule has 1 N–H and O–H groups in total. The normalized spacial score (nSPS) is 11.9. The lowest BCUT2D eigenvalue weighted by Gasteiger charge is -2.18. The summed E-state index contributed by atoms with van der Waals surface area (Å²) < 4.78 is 2.07. The third kappa shape index (κ3) is 3.35. The van der Waals surface area contributed by atoms with Crippen molar-refractivity contribution in [3.63, 3.8) is 0 Å². The number of nitrogens with one attached hydrogen (secondary N) is 1. The summed E-state index contributed by atoms with van der Waals surface area (Å²) in [5.74, 6) is -0.360. The van der Waals surface area contributed by atoms with E-state index in [-0.39, 0.29) is 11.8 Å². The number of nitrogens with zero attached hydrogens (tertiary/aromatic N) is 2. The maximum Gasteiger partial charge on any atom is 0.253 e. The van der Waals surface area contributed by atoms with Crippen molar-refractivity contribution in [2.45, 2.75) is 33.7 Å². The minimum atomic E-state index is -0.561. The molecule has 1 atom stereocenters. The Balaban J connectivity index is 2.34. The van der Waals surface area contributed by atoms with Gasteiger partial charge in [0.25, 0.3) is 5.91 Å². The van der Waals surface area contributed by atoms with E-state index in [0.29, 0.717) is 5.56 Å². The Hall–Kier alpha value is -2.56. The summed E-state index contributed by atoms with van der Waals surface area (Å²) in [5, 5.41) is 2.78. The third-order valence-corrected chi connectivity index (χ3v) is 4.19. The Kier molecular flexibility index (Phi) is 5.12. The molecule has 0 saturated carbocycles. The number of carbonyl (C=O) groups is 2. The first-order chi connectivity index (χ1) is 11.2. The van der Waals surface area contributed by atoms with Crippen molar-refractivity contribution in [2.75, 3.05) is 14.1 Å². The van der Waals surface area contributed by atoms with Crippen molar-refractivity contribution >= 4 is 11.8 Å². The van der Waals surface area contributed by atoms with Crippen molar-refractivity contribution in [2.24, 2.45) is 0 Å². The van der Waals surface area contributed by atoms with E-state index in [9.17, 15) is 9.59 Å². The highest BCUT2D eigenvalue weighted by atomic mass is 16.2. The minimum Gasteiger partial charge on any atom is -0.347 e. The topological polar surface area (TPSA) is 54.3 Å². The molecule has 0 fully saturated rings. The maximum absolute atomic E-state index is 12.6. The molecular formula is C19H25N3O2. The Bertz CT molecular complexity index is 775. The molecule has 0 spiro atoms. The van der Waals surface area contributed by atoms with E-state index in [0.717, 1.165) is 22.6 Å². The SMILES string of the molecule is Cc1ccccc1-n1c(C)cc(C(=O)NC(C)C(=O)N(C)C)c1C. The predicted octanol–water partition coefficient (Wildman–Crippen LogP) is 2.61. The molecule has 24 heavy (non-hydrogen) atoms. The van der Waals surface area contributed by atoms with Gasteiger partial charge in [-0.3, -0.25) is 9.59 Å². The number of para-hydroxylation sites is 1. The monoisotopic (exact) mass is 327 g/mol. The van der Waals surface area contributed by atoms with Crippen LogP contribution >= 0.6 is 0 Å². The smallest absolute Gasteiger partial charge is 0.253 e. The average molecular weight is 327 g/mol. The average Bonchev–Trinajstić information content (AvgIpc) is 2.82. The van der Waals surface area contributed by atoms with E-state index in [2.05, 4.69) is 9.88 Å². The highest BCUT2D eigenvalue weighted by Gasteiger charge is 2.22. The number of aromatic nitrogens is 1. The van der Waals surface area contributed by atoms with E-state index in [4.69, 9.17) is 0 Å². The fourth-order valence-electron chi connectivity index (χ4n) is 2.90. The van der Waals surface area contributed by atoms with Crippen LogP contribution in [0, 0.1) is 20.8 Å². The number of rotatable bonds is 4. The molecule has 2 aromatic rings. The first-order valence-electron chi connectivity index (χ1n) is 8.01. The van der Waals surface area contributed by atoms with Crippen LogP contribution in [-0.2, 0) is 4.79 Å². The number of amides is 2. The zero-order chi connectivity index (χ0) is 18.0. The van der Waals surface area contributed by atoms with Gasteiger partial charge in [-0.05, 0) is 45.4 Å². The first-order valence-corrected chi connectivity index (χ1v) is 8.01. The molecule has 0 bridgehead atoms. The molecule has 5 nitrogen and oxygen atoms in total. The van der Waals surface area contributed by atoms with E-state index >= 15 is 0 Å². The summed E-state index contributed by atoms with van der Waals surface area (Å²) >= 11 is 0. The van der Waals surface area contributed by atoms with Crippen LogP contribution in [0.4, 0.5) is 0 Å². The third-order valence-electron chi connectivity index (χ3n) is 4.19. The summed E-state index contributed by atoms with van der Waals surface area (Å²) in [6, 6.07) is 9.37. The first kappa shape index (κ1) is 17.8. The van der Waals surface area contributed by atoms with Gasteiger partial charge in [0, 0.05) is 31.2 Å². The molecule has 0 aliphatic heterocycles. The van der Waals surface area contributed by atoms with Crippen LogP contribution in [0.15, 0.2) is 30.3 Å². The van der Waals surface area contributed by atoms with Gasteiger partial charge in [-0.1, -0.05) is 18.2 Å². The van der Waals surface area contributed by atoms with Crippen LogP contribution < -0.4 is 5.32 Å². The van der Waals surface area contributed by atoms with Crippen LogP contribution in [-0.4, -0.2) is 41.4 Å². The van der Waals surface area contributed by atoms with Gasteiger partial charge in [-0.2, -0.15) is 0 Å². The standard InChI is InChI=1S/C19H25N3O2/c1-12-9-7-8-10-17(12)22-13(2)11-16(15(22)4)18(23)20-14(3)19(24)21(5)6/h7-11,14H,1-6H3,(H,20,23). The van der Waals surface area contributed by atoms with E-state index in [1.54, 1.807) is 21.0 Å². The lowest BCUT2D eigenvalue weighted by atomic mass is 10.2. The van der Waals surface area contributed by atoms with Crippen LogP contribution in [0.2, 0.25) is 0 Å². The molecule has 0 aliphatic rings. The largest absolute Gasteiger partial charge is 0.347 e. The van der Waals surface area contributed by atoms with Crippen molar-refractivity contribution in [3.8, 4) is 5.69 Å². The quantitative estimate of drug-likeness (QED) is 0.938. The Labute approximate surface area is 143 Å². The van der Waals surface area contributed by atoms with Gasteiger partial charge in [-0.25, -0.2) is 0 Å². The number of aryl methyl sites for hydroxylation is 2. The van der Waals surface area contributed by atoms with Crippen LogP contribution in [0.3, 0.4) is 0 Å². The van der Waals surface area contributed by atoms with Gasteiger partial charge in [0.15, 0.2) is 0 Å². The zero-order valence-electron chi connectivity index (χ0n) is 15.2. The van der Waals surface area contributed by atoms with Crippen LogP contribution in [0.1, 0.15) is 34.2 Å². The second kappa shape index (κ2) is 6.91. The predicted molar refractivity (Wildman–Crippen MR) is 95.6 cm³/mol. The number of hydrogen-bond donors (Lipinski definition) is 1. The molecular weight excluding hydrogens is 302 g/mol. The Morgan fingerprint density at radius 3 is 2.33 bits per heavy atom. The molecule has 1 aromatic heterocycles. The summed E-state index contributed by atoms with van der Waals surface area (Å²) in [5.41, 5.74) is 4.64. The highest BCUT2D eigenvalue weighted by molar-refractivity contribution is 5.98. The second-order valence-corrected chi connectivity index (χ2v) is 6.33. The minimum absolute atomic E-state index is 0.129. The second-order valence-electron chi connectivity index (χ2n) is 6.33. The van der Waals surface area contributed by atoms with Crippen LogP contribution in [0.25, 0.3) is 5.69 Å². The van der Waals surface area contributed by atoms with Gasteiger partial charge in [-0.15, -0.1) is 0 Å². The molecule has 2 rings (SSSR count). The Morgan fingerprint density at radius 1 is 1.12 bits per heavy atom. The van der Waals surface area contributed by atoms with Gasteiger partial charge < -0.3 is 14.8 Å². The Morgan fingerprint density at radius 2 is 1.75 bits per heavy atom. The molecule has 1 heterocycles. The number of hydrogen-bond acceptors (Lipinski definition) is 2. The van der Waals surface area contributed by atoms with Crippen LogP contribution in [0.5, 0.6) is 0 Å². The molecule has 1 aromatic carbocycles. The van der Waals surface area contributed by atoms with Crippen molar-refractivity contribution in [1.29, 1.82) is 0 Å². The molecule has 5 heteroatoms. The number of benzene rings is 1. The molecule has 1 unspecified atom stereocenters. The molecule has 0 saturated heterocycles. The highest BCUT2D eigenvalue weighted by Crippen LogP contribution is 2.23. The van der Waals surface area contributed by atoms with Gasteiger partial charge in [0.2, 0.25) is 5.91 Å². The van der Waals surface area contributed by atoms with Crippen molar-refractivity contribution < 1.29 is 9.59 Å². The molecule has 0 aliphatic carbocycles. The van der Waals surface area contributed by atoms with Crippen molar-refractivity contribution in [1.82, 2.24) is 14.8 Å². The molecule has 0 radical (unpaired) electrons. The summed E-state index contributed by atoms with van der Waals surface area (Å²) in [4.78, 5) is 26.0. The maximum atomic E-state index is 12.6. The van der Waals surface area contributed by atoms with E-state index in [1.165, 1.54) is 4.90 Å². The number of carbonyl (C=O) groups excluding carboxylic acids is 2. The molecule has 128 valence electrons. The summed E-state index contributed by atoms with van der Waals surface area (Å²) in [6.07, 6.45) is 0. The van der Waals surface area contributed by atoms with E-state index < -0.39 is 6.04 Å². The number of likely N-dealkylation sites (N-methyl/N-ethyl adjacent to an activating group) is 1. The van der Waals surface area contributed by atoms with E-state index in [1.807, 2.05) is 51.1 Å². The van der Waals surface area contributed by atoms with Crippen molar-refractivity contribution in [3.05, 3.63) is 52.8 Å². The lowest BCUT2D eigenvalue weighted by molar-refractivity contribution is -0.130. The fourth-order valence-corrected chi connectivity index (χ4v) is 2.90. The fraction of sp³-hybridized carbons (Fsp3) is 0.368. The van der Waals surface area contributed by atoms with Gasteiger partial charge in [0.05, 0.1) is 5.56 Å². The lowest BCUT2D eigenvalue weighted by Crippen LogP contribution is -2.44.